The first kappa shape index (κ1) is 17.0. The van der Waals surface area contributed by atoms with Crippen LogP contribution in [-0.2, 0) is 16.6 Å². The lowest BCUT2D eigenvalue weighted by Gasteiger charge is -2.26. The van der Waals surface area contributed by atoms with Crippen LogP contribution in [0.15, 0.2) is 45.1 Å². The van der Waals surface area contributed by atoms with Crippen LogP contribution in [0.2, 0.25) is 5.02 Å². The van der Waals surface area contributed by atoms with Gasteiger partial charge in [0.25, 0.3) is 0 Å². The molecule has 0 radical (unpaired) electrons. The van der Waals surface area contributed by atoms with Crippen molar-refractivity contribution in [3.05, 3.63) is 50.1 Å². The van der Waals surface area contributed by atoms with Crippen LogP contribution < -0.4 is 0 Å². The van der Waals surface area contributed by atoms with Crippen LogP contribution in [-0.4, -0.2) is 18.8 Å². The minimum Gasteiger partial charge on any atom is -0.207 e. The number of rotatable bonds is 5. The lowest BCUT2D eigenvalue weighted by molar-refractivity contribution is 0.350. The first-order valence-electron chi connectivity index (χ1n) is 6.31. The molecule has 21 heavy (non-hydrogen) atoms. The predicted octanol–water partition coefficient (Wildman–Crippen LogP) is 4.76. The fraction of sp³-hybridized carbons (Fsp3) is 0.286. The summed E-state index contributed by atoms with van der Waals surface area (Å²) >= 11 is 10.9. The summed E-state index contributed by atoms with van der Waals surface area (Å²) in [6.45, 7) is 4.07. The van der Waals surface area contributed by atoms with Crippen molar-refractivity contribution >= 4 is 48.9 Å². The molecule has 0 saturated carbocycles. The molecule has 0 amide bonds. The first-order chi connectivity index (χ1) is 9.82. The van der Waals surface area contributed by atoms with Crippen LogP contribution in [0.25, 0.3) is 0 Å². The van der Waals surface area contributed by atoms with E-state index in [2.05, 4.69) is 15.9 Å². The number of nitrogens with zero attached hydrogens (tertiary/aromatic N) is 1. The van der Waals surface area contributed by atoms with Gasteiger partial charge in [-0.15, -0.1) is 11.3 Å². The summed E-state index contributed by atoms with van der Waals surface area (Å²) in [7, 11) is -3.64. The van der Waals surface area contributed by atoms with Crippen molar-refractivity contribution in [2.24, 2.45) is 0 Å². The van der Waals surface area contributed by atoms with E-state index in [9.17, 15) is 8.42 Å². The van der Waals surface area contributed by atoms with Crippen LogP contribution >= 0.6 is 38.9 Å². The third-order valence-electron chi connectivity index (χ3n) is 2.95. The van der Waals surface area contributed by atoms with Gasteiger partial charge >= 0.3 is 0 Å². The lowest BCUT2D eigenvalue weighted by atomic mass is 10.3. The van der Waals surface area contributed by atoms with Gasteiger partial charge in [-0.2, -0.15) is 4.31 Å². The fourth-order valence-electron chi connectivity index (χ4n) is 1.91. The second-order valence-corrected chi connectivity index (χ2v) is 9.01. The molecule has 1 aromatic heterocycles. The zero-order chi connectivity index (χ0) is 15.6. The average molecular weight is 409 g/mol. The zero-order valence-corrected chi connectivity index (χ0v) is 15.6. The number of sulfonamides is 1. The summed E-state index contributed by atoms with van der Waals surface area (Å²) in [5.74, 6) is 0. The fourth-order valence-corrected chi connectivity index (χ4v) is 5.32. The normalized spacial score (nSPS) is 12.3. The highest BCUT2D eigenvalue weighted by molar-refractivity contribution is 9.10. The molecular weight excluding hydrogens is 394 g/mol. The van der Waals surface area contributed by atoms with Crippen LogP contribution in [0.1, 0.15) is 18.7 Å². The number of thiophene rings is 1. The molecule has 0 aliphatic rings. The Morgan fingerprint density at radius 3 is 2.57 bits per heavy atom. The Balaban J connectivity index is 2.42. The monoisotopic (exact) mass is 407 g/mol. The highest BCUT2D eigenvalue weighted by Crippen LogP contribution is 2.30. The van der Waals surface area contributed by atoms with Crippen molar-refractivity contribution in [1.29, 1.82) is 0 Å². The Morgan fingerprint density at radius 1 is 1.33 bits per heavy atom. The van der Waals surface area contributed by atoms with Crippen LogP contribution in [0.3, 0.4) is 0 Å². The van der Waals surface area contributed by atoms with Crippen molar-refractivity contribution < 1.29 is 8.42 Å². The van der Waals surface area contributed by atoms with E-state index in [-0.39, 0.29) is 16.0 Å². The minimum atomic E-state index is -3.64. The maximum atomic E-state index is 12.9. The second kappa shape index (κ2) is 6.79. The highest BCUT2D eigenvalue weighted by Gasteiger charge is 2.29. The Bertz CT molecular complexity index is 715. The van der Waals surface area contributed by atoms with Gasteiger partial charge in [-0.1, -0.05) is 33.6 Å². The summed E-state index contributed by atoms with van der Waals surface area (Å²) in [4.78, 5) is 1.14. The molecule has 0 atom stereocenters. The quantitative estimate of drug-likeness (QED) is 0.715. The average Bonchev–Trinajstić information content (AvgIpc) is 2.87. The molecule has 114 valence electrons. The molecule has 2 aromatic rings. The molecule has 0 saturated heterocycles. The van der Waals surface area contributed by atoms with Gasteiger partial charge in [-0.3, -0.25) is 0 Å². The smallest absolute Gasteiger partial charge is 0.207 e. The molecule has 0 spiro atoms. The lowest BCUT2D eigenvalue weighted by Crippen LogP contribution is -2.36. The number of hydrogen-bond donors (Lipinski definition) is 0. The topological polar surface area (TPSA) is 37.4 Å². The maximum Gasteiger partial charge on any atom is 0.245 e. The molecule has 0 aliphatic carbocycles. The number of benzene rings is 1. The molecule has 3 nitrogen and oxygen atoms in total. The Hall–Kier alpha value is -0.400. The van der Waals surface area contributed by atoms with Gasteiger partial charge in [-0.05, 0) is 43.5 Å². The van der Waals surface area contributed by atoms with E-state index in [1.165, 1.54) is 10.4 Å². The van der Waals surface area contributed by atoms with E-state index in [4.69, 9.17) is 11.6 Å². The molecule has 1 aromatic carbocycles. The first-order valence-corrected chi connectivity index (χ1v) is 9.80. The number of halogens is 2. The molecule has 1 heterocycles. The summed E-state index contributed by atoms with van der Waals surface area (Å²) in [5, 5.41) is 2.16. The third-order valence-corrected chi connectivity index (χ3v) is 6.81. The van der Waals surface area contributed by atoms with Crippen LogP contribution in [0.5, 0.6) is 0 Å². The van der Waals surface area contributed by atoms with E-state index >= 15 is 0 Å². The summed E-state index contributed by atoms with van der Waals surface area (Å²) in [6, 6.07) is 8.50. The maximum absolute atomic E-state index is 12.9. The molecule has 0 bridgehead atoms. The number of hydrogen-bond acceptors (Lipinski definition) is 3. The Kier molecular flexibility index (Phi) is 5.48. The standard InChI is InChI=1S/C14H15BrClNO2S2/c1-10(2)17(9-12-4-3-7-20-12)21(18,19)14-6-5-11(15)8-13(14)16/h3-8,10H,9H2,1-2H3. The van der Waals surface area contributed by atoms with Gasteiger partial charge < -0.3 is 0 Å². The largest absolute Gasteiger partial charge is 0.245 e. The predicted molar refractivity (Wildman–Crippen MR) is 91.3 cm³/mol. The van der Waals surface area contributed by atoms with Crippen molar-refractivity contribution in [2.45, 2.75) is 31.3 Å². The van der Waals surface area contributed by atoms with Crippen molar-refractivity contribution in [3.8, 4) is 0 Å². The van der Waals surface area contributed by atoms with Crippen molar-refractivity contribution in [3.63, 3.8) is 0 Å². The van der Waals surface area contributed by atoms with Gasteiger partial charge in [0.1, 0.15) is 4.90 Å². The molecule has 0 fully saturated rings. The molecule has 0 N–H and O–H groups in total. The summed E-state index contributed by atoms with van der Waals surface area (Å²) in [6.07, 6.45) is 0. The molecule has 2 rings (SSSR count). The van der Waals surface area contributed by atoms with Gasteiger partial charge in [0, 0.05) is 21.9 Å². The molecular formula is C14H15BrClNO2S2. The van der Waals surface area contributed by atoms with Gasteiger partial charge in [0.05, 0.1) is 5.02 Å². The third kappa shape index (κ3) is 3.87. The minimum absolute atomic E-state index is 0.137. The Labute approximate surface area is 142 Å². The summed E-state index contributed by atoms with van der Waals surface area (Å²) in [5.41, 5.74) is 0. The van der Waals surface area contributed by atoms with Crippen LogP contribution in [0.4, 0.5) is 0 Å². The zero-order valence-electron chi connectivity index (χ0n) is 11.6. The summed E-state index contributed by atoms with van der Waals surface area (Å²) < 4.78 is 27.9. The van der Waals surface area contributed by atoms with Crippen molar-refractivity contribution in [2.75, 3.05) is 0 Å². The van der Waals surface area contributed by atoms with Gasteiger partial charge in [0.2, 0.25) is 10.0 Å². The van der Waals surface area contributed by atoms with Gasteiger partial charge in [0.15, 0.2) is 0 Å². The molecule has 7 heteroatoms. The van der Waals surface area contributed by atoms with E-state index in [1.54, 1.807) is 23.5 Å². The van der Waals surface area contributed by atoms with E-state index in [0.29, 0.717) is 6.54 Å². The van der Waals surface area contributed by atoms with E-state index < -0.39 is 10.0 Å². The second-order valence-electron chi connectivity index (χ2n) is 4.80. The van der Waals surface area contributed by atoms with E-state index in [1.807, 2.05) is 31.4 Å². The molecule has 0 aliphatic heterocycles. The Morgan fingerprint density at radius 2 is 2.05 bits per heavy atom. The SMILES string of the molecule is CC(C)N(Cc1cccs1)S(=O)(=O)c1ccc(Br)cc1Cl. The van der Waals surface area contributed by atoms with Gasteiger partial charge in [-0.25, -0.2) is 8.42 Å². The van der Waals surface area contributed by atoms with E-state index in [0.717, 1.165) is 9.35 Å². The molecule has 0 unspecified atom stereocenters. The van der Waals surface area contributed by atoms with Crippen LogP contribution in [0, 0.1) is 0 Å². The van der Waals surface area contributed by atoms with Crippen molar-refractivity contribution in [1.82, 2.24) is 4.31 Å². The highest BCUT2D eigenvalue weighted by atomic mass is 79.9.